The van der Waals surface area contributed by atoms with Gasteiger partial charge in [0.05, 0.1) is 10.0 Å². The lowest BCUT2D eigenvalue weighted by Gasteiger charge is -2.10. The van der Waals surface area contributed by atoms with Crippen molar-refractivity contribution in [3.8, 4) is 0 Å². The summed E-state index contributed by atoms with van der Waals surface area (Å²) < 4.78 is 14.1. The molecule has 0 aliphatic carbocycles. The highest BCUT2D eigenvalue weighted by Gasteiger charge is 2.14. The Morgan fingerprint density at radius 2 is 1.95 bits per heavy atom. The zero-order valence-corrected chi connectivity index (χ0v) is 12.0. The van der Waals surface area contributed by atoms with Gasteiger partial charge in [-0.1, -0.05) is 31.2 Å². The maximum atomic E-state index is 13.8. The summed E-state index contributed by atoms with van der Waals surface area (Å²) in [5.41, 5.74) is 1.76. The van der Waals surface area contributed by atoms with Crippen LogP contribution in [0.25, 0.3) is 0 Å². The fourth-order valence-electron chi connectivity index (χ4n) is 1.82. The van der Waals surface area contributed by atoms with Crippen molar-refractivity contribution >= 4 is 27.5 Å². The van der Waals surface area contributed by atoms with Gasteiger partial charge in [-0.3, -0.25) is 4.79 Å². The number of benzene rings is 2. The smallest absolute Gasteiger partial charge is 0.258 e. The van der Waals surface area contributed by atoms with Crippen molar-refractivity contribution in [1.29, 1.82) is 0 Å². The normalized spacial score (nSPS) is 10.3. The zero-order valence-electron chi connectivity index (χ0n) is 10.4. The van der Waals surface area contributed by atoms with Crippen LogP contribution >= 0.6 is 15.9 Å². The molecule has 4 heteroatoms. The molecule has 0 spiro atoms. The molecule has 98 valence electrons. The average Bonchev–Trinajstić information content (AvgIpc) is 2.42. The van der Waals surface area contributed by atoms with Crippen molar-refractivity contribution < 1.29 is 9.18 Å². The second kappa shape index (κ2) is 5.97. The van der Waals surface area contributed by atoms with E-state index in [1.807, 2.05) is 31.2 Å². The lowest BCUT2D eigenvalue weighted by atomic mass is 10.1. The van der Waals surface area contributed by atoms with Crippen LogP contribution in [0.1, 0.15) is 22.8 Å². The third-order valence-corrected chi connectivity index (χ3v) is 3.46. The number of amides is 1. The molecule has 0 aliphatic rings. The summed E-state index contributed by atoms with van der Waals surface area (Å²) in [7, 11) is 0. The number of rotatable bonds is 3. The number of carbonyl (C=O) groups is 1. The number of aryl methyl sites for hydroxylation is 1. The van der Waals surface area contributed by atoms with E-state index >= 15 is 0 Å². The molecule has 0 atom stereocenters. The van der Waals surface area contributed by atoms with Crippen molar-refractivity contribution in [3.63, 3.8) is 0 Å². The van der Waals surface area contributed by atoms with Gasteiger partial charge in [0.1, 0.15) is 5.82 Å². The summed E-state index contributed by atoms with van der Waals surface area (Å²) in [4.78, 5) is 12.1. The third kappa shape index (κ3) is 3.01. The molecule has 0 saturated heterocycles. The first-order chi connectivity index (χ1) is 9.13. The zero-order chi connectivity index (χ0) is 13.8. The number of hydrogen-bond acceptors (Lipinski definition) is 1. The van der Waals surface area contributed by atoms with Crippen LogP contribution in [0.2, 0.25) is 0 Å². The molecular weight excluding hydrogens is 309 g/mol. The molecule has 1 N–H and O–H groups in total. The lowest BCUT2D eigenvalue weighted by Crippen LogP contribution is -2.15. The van der Waals surface area contributed by atoms with Gasteiger partial charge in [0, 0.05) is 5.69 Å². The first kappa shape index (κ1) is 13.7. The van der Waals surface area contributed by atoms with Crippen LogP contribution in [0.5, 0.6) is 0 Å². The Hall–Kier alpha value is -1.68. The summed E-state index contributed by atoms with van der Waals surface area (Å²) in [6.07, 6.45) is 0.803. The molecule has 0 bridgehead atoms. The Morgan fingerprint density at radius 3 is 2.68 bits per heavy atom. The van der Waals surface area contributed by atoms with Gasteiger partial charge >= 0.3 is 0 Å². The molecule has 0 unspecified atom stereocenters. The second-order valence-corrected chi connectivity index (χ2v) is 4.92. The van der Waals surface area contributed by atoms with E-state index in [-0.39, 0.29) is 10.0 Å². The molecule has 2 nitrogen and oxygen atoms in total. The number of anilines is 1. The van der Waals surface area contributed by atoms with Crippen LogP contribution in [0.15, 0.2) is 46.9 Å². The van der Waals surface area contributed by atoms with Crippen LogP contribution in [-0.2, 0) is 6.42 Å². The average molecular weight is 322 g/mol. The number of nitrogens with one attached hydrogen (secondary N) is 1. The van der Waals surface area contributed by atoms with E-state index in [0.717, 1.165) is 17.7 Å². The first-order valence-electron chi connectivity index (χ1n) is 5.96. The number of carbonyl (C=O) groups excluding carboxylic acids is 1. The highest BCUT2D eigenvalue weighted by molar-refractivity contribution is 9.10. The van der Waals surface area contributed by atoms with E-state index in [0.29, 0.717) is 0 Å². The van der Waals surface area contributed by atoms with E-state index < -0.39 is 11.7 Å². The minimum absolute atomic E-state index is 0.0280. The Kier molecular flexibility index (Phi) is 4.32. The number of para-hydroxylation sites is 1. The van der Waals surface area contributed by atoms with Gasteiger partial charge in [0.2, 0.25) is 0 Å². The van der Waals surface area contributed by atoms with Crippen LogP contribution in [0.3, 0.4) is 0 Å². The summed E-state index contributed by atoms with van der Waals surface area (Å²) in [6.45, 7) is 2.00. The minimum Gasteiger partial charge on any atom is -0.322 e. The van der Waals surface area contributed by atoms with Crippen LogP contribution in [0, 0.1) is 5.82 Å². The summed E-state index contributed by atoms with van der Waals surface area (Å²) in [5, 5.41) is 2.75. The van der Waals surface area contributed by atoms with Crippen LogP contribution in [-0.4, -0.2) is 5.91 Å². The Balaban J connectivity index is 2.28. The predicted octanol–water partition coefficient (Wildman–Crippen LogP) is 4.40. The summed E-state index contributed by atoms with van der Waals surface area (Å²) >= 11 is 3.07. The van der Waals surface area contributed by atoms with E-state index in [1.54, 1.807) is 12.1 Å². The molecule has 0 aromatic heterocycles. The van der Waals surface area contributed by atoms with E-state index in [1.165, 1.54) is 6.07 Å². The van der Waals surface area contributed by atoms with Crippen LogP contribution in [0.4, 0.5) is 10.1 Å². The summed E-state index contributed by atoms with van der Waals surface area (Å²) in [5.74, 6) is -0.992. The van der Waals surface area contributed by atoms with Gasteiger partial charge in [-0.05, 0) is 46.1 Å². The molecular formula is C15H13BrFNO. The van der Waals surface area contributed by atoms with Crippen molar-refractivity contribution in [2.45, 2.75) is 13.3 Å². The van der Waals surface area contributed by atoms with Gasteiger partial charge in [-0.2, -0.15) is 0 Å². The molecule has 0 aliphatic heterocycles. The Bertz CT molecular complexity index is 613. The monoisotopic (exact) mass is 321 g/mol. The van der Waals surface area contributed by atoms with Crippen molar-refractivity contribution in [1.82, 2.24) is 0 Å². The predicted molar refractivity (Wildman–Crippen MR) is 77.9 cm³/mol. The lowest BCUT2D eigenvalue weighted by molar-refractivity contribution is 0.102. The first-order valence-corrected chi connectivity index (χ1v) is 6.76. The van der Waals surface area contributed by atoms with Crippen molar-refractivity contribution in [3.05, 3.63) is 63.9 Å². The fourth-order valence-corrected chi connectivity index (χ4v) is 2.19. The maximum Gasteiger partial charge on any atom is 0.258 e. The third-order valence-electron chi connectivity index (χ3n) is 2.84. The molecule has 1 amide bonds. The van der Waals surface area contributed by atoms with Crippen molar-refractivity contribution in [2.75, 3.05) is 5.32 Å². The molecule has 0 fully saturated rings. The molecule has 0 saturated carbocycles. The maximum absolute atomic E-state index is 13.8. The van der Waals surface area contributed by atoms with E-state index in [4.69, 9.17) is 0 Å². The van der Waals surface area contributed by atoms with Gasteiger partial charge < -0.3 is 5.32 Å². The second-order valence-electron chi connectivity index (χ2n) is 4.07. The van der Waals surface area contributed by atoms with Gasteiger partial charge in [0.25, 0.3) is 5.91 Å². The number of halogens is 2. The topological polar surface area (TPSA) is 29.1 Å². The number of hydrogen-bond donors (Lipinski definition) is 1. The Morgan fingerprint density at radius 1 is 1.21 bits per heavy atom. The standard InChI is InChI=1S/C15H13BrFNO/c1-2-10-6-3-4-9-13(10)18-15(19)11-7-5-8-12(16)14(11)17/h3-9H,2H2,1H3,(H,18,19). The van der Waals surface area contributed by atoms with Crippen molar-refractivity contribution in [2.24, 2.45) is 0 Å². The molecule has 2 rings (SSSR count). The molecule has 0 radical (unpaired) electrons. The largest absolute Gasteiger partial charge is 0.322 e. The van der Waals surface area contributed by atoms with Gasteiger partial charge in [-0.25, -0.2) is 4.39 Å². The SMILES string of the molecule is CCc1ccccc1NC(=O)c1cccc(Br)c1F. The highest BCUT2D eigenvalue weighted by atomic mass is 79.9. The van der Waals surface area contributed by atoms with Gasteiger partial charge in [-0.15, -0.1) is 0 Å². The van der Waals surface area contributed by atoms with Gasteiger partial charge in [0.15, 0.2) is 0 Å². The quantitative estimate of drug-likeness (QED) is 0.891. The van der Waals surface area contributed by atoms with E-state index in [2.05, 4.69) is 21.2 Å². The molecule has 2 aromatic rings. The Labute approximate surface area is 119 Å². The van der Waals surface area contributed by atoms with Crippen LogP contribution < -0.4 is 5.32 Å². The summed E-state index contributed by atoms with van der Waals surface area (Å²) in [6, 6.07) is 12.2. The fraction of sp³-hybridized carbons (Fsp3) is 0.133. The molecule has 2 aromatic carbocycles. The minimum atomic E-state index is -0.547. The molecule has 0 heterocycles. The molecule has 19 heavy (non-hydrogen) atoms. The highest BCUT2D eigenvalue weighted by Crippen LogP contribution is 2.21. The van der Waals surface area contributed by atoms with E-state index in [9.17, 15) is 9.18 Å².